The number of ether oxygens (including phenoxy) is 2. The van der Waals surface area contributed by atoms with Crippen LogP contribution in [0, 0.1) is 0 Å². The van der Waals surface area contributed by atoms with Gasteiger partial charge in [-0.05, 0) is 36.9 Å². The molecule has 0 spiro atoms. The molecule has 0 aromatic heterocycles. The van der Waals surface area contributed by atoms with Gasteiger partial charge in [-0.15, -0.1) is 0 Å². The zero-order valence-corrected chi connectivity index (χ0v) is 14.6. The molecule has 2 aromatic carbocycles. The van der Waals surface area contributed by atoms with E-state index >= 15 is 0 Å². The Balaban J connectivity index is 2.05. The van der Waals surface area contributed by atoms with Gasteiger partial charge < -0.3 is 14.8 Å². The first-order chi connectivity index (χ1) is 12.0. The van der Waals surface area contributed by atoms with Crippen molar-refractivity contribution < 1.29 is 19.1 Å². The minimum absolute atomic E-state index is 0.0424. The average Bonchev–Trinajstić information content (AvgIpc) is 2.63. The zero-order valence-electron chi connectivity index (χ0n) is 14.6. The van der Waals surface area contributed by atoms with Crippen LogP contribution >= 0.6 is 0 Å². The maximum Gasteiger partial charge on any atom is 0.327 e. The van der Waals surface area contributed by atoms with Crippen LogP contribution in [0.2, 0.25) is 0 Å². The molecule has 0 aliphatic carbocycles. The highest BCUT2D eigenvalue weighted by Gasteiger charge is 2.27. The number of hydrogen-bond donors (Lipinski definition) is 1. The molecule has 1 amide bonds. The van der Waals surface area contributed by atoms with Crippen LogP contribution in [-0.2, 0) is 14.3 Å². The van der Waals surface area contributed by atoms with Gasteiger partial charge in [0, 0.05) is 5.69 Å². The molecule has 0 saturated carbocycles. The van der Waals surface area contributed by atoms with E-state index in [0.29, 0.717) is 11.4 Å². The molecule has 0 bridgehead atoms. The van der Waals surface area contributed by atoms with Crippen molar-refractivity contribution >= 4 is 17.6 Å². The van der Waals surface area contributed by atoms with Crippen molar-refractivity contribution in [1.29, 1.82) is 0 Å². The Morgan fingerprint density at radius 1 is 1.04 bits per heavy atom. The predicted molar refractivity (Wildman–Crippen MR) is 95.5 cm³/mol. The van der Waals surface area contributed by atoms with Gasteiger partial charge in [-0.1, -0.05) is 30.3 Å². The Morgan fingerprint density at radius 2 is 1.68 bits per heavy atom. The Morgan fingerprint density at radius 3 is 2.24 bits per heavy atom. The second kappa shape index (κ2) is 8.84. The topological polar surface area (TPSA) is 67.9 Å². The Hall–Kier alpha value is -2.86. The fourth-order valence-electron chi connectivity index (χ4n) is 2.51. The minimum Gasteiger partial charge on any atom is -0.497 e. The van der Waals surface area contributed by atoms with Crippen molar-refractivity contribution in [3.05, 3.63) is 60.2 Å². The molecule has 2 rings (SSSR count). The molecule has 0 aliphatic heterocycles. The van der Waals surface area contributed by atoms with Crippen LogP contribution in [0.3, 0.4) is 0 Å². The van der Waals surface area contributed by atoms with Gasteiger partial charge in [-0.3, -0.25) is 9.69 Å². The first-order valence-electron chi connectivity index (χ1n) is 7.82. The number of likely N-dealkylation sites (N-methyl/N-ethyl adjacent to an activating group) is 1. The van der Waals surface area contributed by atoms with Gasteiger partial charge in [0.15, 0.2) is 0 Å². The third-order valence-electron chi connectivity index (χ3n) is 3.75. The Kier molecular flexibility index (Phi) is 6.54. The lowest BCUT2D eigenvalue weighted by atomic mass is 10.1. The summed E-state index contributed by atoms with van der Waals surface area (Å²) in [5.74, 6) is 0.0772. The highest BCUT2D eigenvalue weighted by Crippen LogP contribution is 2.21. The van der Waals surface area contributed by atoms with Crippen molar-refractivity contribution in [3.8, 4) is 5.75 Å². The van der Waals surface area contributed by atoms with Gasteiger partial charge in [-0.25, -0.2) is 4.79 Å². The summed E-state index contributed by atoms with van der Waals surface area (Å²) in [7, 11) is 4.63. The molecular weight excluding hydrogens is 320 g/mol. The lowest BCUT2D eigenvalue weighted by Gasteiger charge is -2.25. The van der Waals surface area contributed by atoms with Crippen LogP contribution in [0.4, 0.5) is 5.69 Å². The molecule has 1 N–H and O–H groups in total. The highest BCUT2D eigenvalue weighted by molar-refractivity contribution is 5.92. The van der Waals surface area contributed by atoms with Gasteiger partial charge in [-0.2, -0.15) is 0 Å². The number of benzene rings is 2. The maximum atomic E-state index is 12.3. The number of hydrogen-bond acceptors (Lipinski definition) is 5. The summed E-state index contributed by atoms with van der Waals surface area (Å²) in [6.45, 7) is 0.0424. The zero-order chi connectivity index (χ0) is 18.2. The molecule has 0 heterocycles. The molecule has 6 heteroatoms. The standard InChI is InChI=1S/C19H22N2O4/c1-21(18(19(23)25-3)14-7-5-4-6-8-14)13-17(22)20-15-9-11-16(24-2)12-10-15/h4-12,18H,13H2,1-3H3,(H,20,22)/t18-/m0/s1. The molecule has 0 aliphatic rings. The number of amides is 1. The summed E-state index contributed by atoms with van der Waals surface area (Å²) in [4.78, 5) is 26.1. The smallest absolute Gasteiger partial charge is 0.327 e. The molecular formula is C19H22N2O4. The normalized spacial score (nSPS) is 11.7. The van der Waals surface area contributed by atoms with Gasteiger partial charge >= 0.3 is 5.97 Å². The molecule has 0 radical (unpaired) electrons. The first-order valence-corrected chi connectivity index (χ1v) is 7.82. The van der Waals surface area contributed by atoms with Crippen molar-refractivity contribution in [2.24, 2.45) is 0 Å². The summed E-state index contributed by atoms with van der Waals surface area (Å²) in [5.41, 5.74) is 1.43. The molecule has 0 saturated heterocycles. The number of carbonyl (C=O) groups excluding carboxylic acids is 2. The second-order valence-corrected chi connectivity index (χ2v) is 5.53. The van der Waals surface area contributed by atoms with E-state index in [9.17, 15) is 9.59 Å². The van der Waals surface area contributed by atoms with E-state index in [4.69, 9.17) is 9.47 Å². The number of rotatable bonds is 7. The van der Waals surface area contributed by atoms with E-state index in [-0.39, 0.29) is 12.5 Å². The fraction of sp³-hybridized carbons (Fsp3) is 0.263. The SMILES string of the molecule is COC(=O)[C@H](c1ccccc1)N(C)CC(=O)Nc1ccc(OC)cc1. The van der Waals surface area contributed by atoms with Crippen LogP contribution in [0.25, 0.3) is 0 Å². The van der Waals surface area contributed by atoms with E-state index < -0.39 is 12.0 Å². The summed E-state index contributed by atoms with van der Waals surface area (Å²) in [5, 5.41) is 2.80. The quantitative estimate of drug-likeness (QED) is 0.783. The fourth-order valence-corrected chi connectivity index (χ4v) is 2.51. The number of nitrogens with zero attached hydrogens (tertiary/aromatic N) is 1. The van der Waals surface area contributed by atoms with Crippen LogP contribution < -0.4 is 10.1 Å². The van der Waals surface area contributed by atoms with Crippen LogP contribution in [0.1, 0.15) is 11.6 Å². The van der Waals surface area contributed by atoms with Gasteiger partial charge in [0.25, 0.3) is 0 Å². The van der Waals surface area contributed by atoms with Crippen molar-refractivity contribution in [2.75, 3.05) is 33.1 Å². The third kappa shape index (κ3) is 5.06. The van der Waals surface area contributed by atoms with E-state index in [0.717, 1.165) is 5.56 Å². The largest absolute Gasteiger partial charge is 0.497 e. The first kappa shape index (κ1) is 18.5. The summed E-state index contributed by atoms with van der Waals surface area (Å²) in [6, 6.07) is 15.6. The average molecular weight is 342 g/mol. The molecule has 25 heavy (non-hydrogen) atoms. The van der Waals surface area contributed by atoms with Crippen molar-refractivity contribution in [2.45, 2.75) is 6.04 Å². The van der Waals surface area contributed by atoms with Crippen molar-refractivity contribution in [1.82, 2.24) is 4.90 Å². The third-order valence-corrected chi connectivity index (χ3v) is 3.75. The minimum atomic E-state index is -0.646. The number of anilines is 1. The van der Waals surface area contributed by atoms with Crippen LogP contribution in [-0.4, -0.2) is 44.6 Å². The molecule has 0 fully saturated rings. The van der Waals surface area contributed by atoms with E-state index in [1.54, 1.807) is 43.3 Å². The number of carbonyl (C=O) groups is 2. The summed E-state index contributed by atoms with van der Waals surface area (Å²) >= 11 is 0. The molecule has 2 aromatic rings. The van der Waals surface area contributed by atoms with Gasteiger partial charge in [0.2, 0.25) is 5.91 Å². The van der Waals surface area contributed by atoms with E-state index in [1.165, 1.54) is 7.11 Å². The summed E-state index contributed by atoms with van der Waals surface area (Å²) < 4.78 is 9.97. The van der Waals surface area contributed by atoms with Gasteiger partial charge in [0.05, 0.1) is 20.8 Å². The maximum absolute atomic E-state index is 12.3. The Labute approximate surface area is 147 Å². The molecule has 1 atom stereocenters. The second-order valence-electron chi connectivity index (χ2n) is 5.53. The molecule has 0 unspecified atom stereocenters. The number of nitrogens with one attached hydrogen (secondary N) is 1. The lowest BCUT2D eigenvalue weighted by Crippen LogP contribution is -2.37. The van der Waals surface area contributed by atoms with E-state index in [2.05, 4.69) is 5.32 Å². The van der Waals surface area contributed by atoms with Crippen LogP contribution in [0.15, 0.2) is 54.6 Å². The molecule has 132 valence electrons. The number of methoxy groups -OCH3 is 2. The Bertz CT molecular complexity index is 701. The number of esters is 1. The summed E-state index contributed by atoms with van der Waals surface area (Å²) in [6.07, 6.45) is 0. The van der Waals surface area contributed by atoms with Crippen LogP contribution in [0.5, 0.6) is 5.75 Å². The van der Waals surface area contributed by atoms with Gasteiger partial charge in [0.1, 0.15) is 11.8 Å². The monoisotopic (exact) mass is 342 g/mol. The predicted octanol–water partition coefficient (Wildman–Crippen LogP) is 2.48. The molecule has 6 nitrogen and oxygen atoms in total. The van der Waals surface area contributed by atoms with Crippen molar-refractivity contribution in [3.63, 3.8) is 0 Å². The highest BCUT2D eigenvalue weighted by atomic mass is 16.5. The van der Waals surface area contributed by atoms with E-state index in [1.807, 2.05) is 30.3 Å². The lowest BCUT2D eigenvalue weighted by molar-refractivity contribution is -0.147.